The second-order valence-corrected chi connectivity index (χ2v) is 5.46. The van der Waals surface area contributed by atoms with Gasteiger partial charge in [0.25, 0.3) is 0 Å². The van der Waals surface area contributed by atoms with E-state index in [1.54, 1.807) is 0 Å². The molecule has 0 spiro atoms. The van der Waals surface area contributed by atoms with Crippen LogP contribution in [0.25, 0.3) is 16.7 Å². The molecular formula is C19H16. The van der Waals surface area contributed by atoms with E-state index in [0.717, 1.165) is 11.8 Å². The van der Waals surface area contributed by atoms with Gasteiger partial charge in [-0.15, -0.1) is 0 Å². The van der Waals surface area contributed by atoms with Gasteiger partial charge in [0, 0.05) is 0 Å². The SMILES string of the molecule is C1=CC2CC2C(c2cccc(-c3ccccc3)c2)=C1. The highest BCUT2D eigenvalue weighted by Gasteiger charge is 2.39. The molecule has 0 radical (unpaired) electrons. The summed E-state index contributed by atoms with van der Waals surface area (Å²) >= 11 is 0. The largest absolute Gasteiger partial charge is 0.0808 e. The topological polar surface area (TPSA) is 0 Å². The molecule has 2 atom stereocenters. The average molecular weight is 244 g/mol. The van der Waals surface area contributed by atoms with Crippen LogP contribution in [0, 0.1) is 11.8 Å². The lowest BCUT2D eigenvalue weighted by atomic mass is 9.94. The van der Waals surface area contributed by atoms with Gasteiger partial charge in [-0.2, -0.15) is 0 Å². The highest BCUT2D eigenvalue weighted by Crippen LogP contribution is 2.51. The second-order valence-electron chi connectivity index (χ2n) is 5.46. The van der Waals surface area contributed by atoms with Crippen molar-refractivity contribution in [1.29, 1.82) is 0 Å². The van der Waals surface area contributed by atoms with Gasteiger partial charge in [-0.05, 0) is 46.6 Å². The van der Waals surface area contributed by atoms with Crippen LogP contribution >= 0.6 is 0 Å². The molecule has 19 heavy (non-hydrogen) atoms. The first-order valence-corrected chi connectivity index (χ1v) is 6.96. The maximum Gasteiger partial charge on any atom is -0.00869 e. The Hall–Kier alpha value is -2.08. The Labute approximate surface area is 114 Å². The number of hydrogen-bond acceptors (Lipinski definition) is 0. The fourth-order valence-electron chi connectivity index (χ4n) is 3.03. The molecule has 0 saturated heterocycles. The molecule has 2 aromatic carbocycles. The van der Waals surface area contributed by atoms with Gasteiger partial charge in [0.2, 0.25) is 0 Å². The molecule has 0 heterocycles. The molecular weight excluding hydrogens is 228 g/mol. The molecule has 0 aromatic heterocycles. The molecule has 1 saturated carbocycles. The Morgan fingerprint density at radius 3 is 2.47 bits per heavy atom. The third-order valence-corrected chi connectivity index (χ3v) is 4.18. The second kappa shape index (κ2) is 4.24. The lowest BCUT2D eigenvalue weighted by Crippen LogP contribution is -1.92. The van der Waals surface area contributed by atoms with E-state index >= 15 is 0 Å². The summed E-state index contributed by atoms with van der Waals surface area (Å²) < 4.78 is 0. The minimum Gasteiger partial charge on any atom is -0.0808 e. The van der Waals surface area contributed by atoms with E-state index in [1.165, 1.54) is 28.7 Å². The molecule has 0 nitrogen and oxygen atoms in total. The third kappa shape index (κ3) is 1.94. The van der Waals surface area contributed by atoms with Gasteiger partial charge in [0.05, 0.1) is 0 Å². The molecule has 0 amide bonds. The Morgan fingerprint density at radius 1 is 0.789 bits per heavy atom. The van der Waals surface area contributed by atoms with Crippen molar-refractivity contribution in [2.24, 2.45) is 11.8 Å². The van der Waals surface area contributed by atoms with Crippen LogP contribution in [0.2, 0.25) is 0 Å². The molecule has 2 aliphatic rings. The summed E-state index contributed by atoms with van der Waals surface area (Å²) in [4.78, 5) is 0. The maximum absolute atomic E-state index is 2.34. The summed E-state index contributed by atoms with van der Waals surface area (Å²) in [6.07, 6.45) is 8.18. The quantitative estimate of drug-likeness (QED) is 0.701. The number of fused-ring (bicyclic) bond motifs is 1. The van der Waals surface area contributed by atoms with E-state index in [0.29, 0.717) is 0 Å². The highest BCUT2D eigenvalue weighted by atomic mass is 14.4. The smallest absolute Gasteiger partial charge is 0.00869 e. The van der Waals surface area contributed by atoms with Crippen LogP contribution in [0.5, 0.6) is 0 Å². The van der Waals surface area contributed by atoms with Gasteiger partial charge in [0.15, 0.2) is 0 Å². The Bertz CT molecular complexity index is 661. The van der Waals surface area contributed by atoms with Crippen LogP contribution < -0.4 is 0 Å². The zero-order valence-electron chi connectivity index (χ0n) is 10.8. The molecule has 2 unspecified atom stereocenters. The molecule has 0 heteroatoms. The van der Waals surface area contributed by atoms with Crippen LogP contribution in [0.15, 0.2) is 72.8 Å². The first-order chi connectivity index (χ1) is 9.42. The van der Waals surface area contributed by atoms with Gasteiger partial charge in [-0.25, -0.2) is 0 Å². The third-order valence-electron chi connectivity index (χ3n) is 4.18. The predicted molar refractivity (Wildman–Crippen MR) is 80.6 cm³/mol. The number of rotatable bonds is 2. The van der Waals surface area contributed by atoms with Crippen molar-refractivity contribution in [2.45, 2.75) is 6.42 Å². The monoisotopic (exact) mass is 244 g/mol. The van der Waals surface area contributed by atoms with Crippen molar-refractivity contribution in [3.05, 3.63) is 78.4 Å². The zero-order chi connectivity index (χ0) is 12.7. The molecule has 0 bridgehead atoms. The van der Waals surface area contributed by atoms with Crippen LogP contribution in [0.4, 0.5) is 0 Å². The Kier molecular flexibility index (Phi) is 2.41. The van der Waals surface area contributed by atoms with Crippen molar-refractivity contribution in [3.63, 3.8) is 0 Å². The molecule has 0 aliphatic heterocycles. The van der Waals surface area contributed by atoms with Crippen molar-refractivity contribution < 1.29 is 0 Å². The summed E-state index contributed by atoms with van der Waals surface area (Å²) in [6, 6.07) is 19.6. The van der Waals surface area contributed by atoms with Crippen molar-refractivity contribution in [3.8, 4) is 11.1 Å². The minimum absolute atomic E-state index is 0.774. The van der Waals surface area contributed by atoms with Crippen molar-refractivity contribution in [2.75, 3.05) is 0 Å². The van der Waals surface area contributed by atoms with Crippen molar-refractivity contribution in [1.82, 2.24) is 0 Å². The van der Waals surface area contributed by atoms with Crippen LogP contribution in [0.1, 0.15) is 12.0 Å². The van der Waals surface area contributed by atoms with E-state index < -0.39 is 0 Å². The number of allylic oxidation sites excluding steroid dienone is 4. The first kappa shape index (κ1) is 10.8. The van der Waals surface area contributed by atoms with E-state index in [1.807, 2.05) is 0 Å². The lowest BCUT2D eigenvalue weighted by molar-refractivity contribution is 0.999. The predicted octanol–water partition coefficient (Wildman–Crippen LogP) is 4.94. The van der Waals surface area contributed by atoms with E-state index in [4.69, 9.17) is 0 Å². The molecule has 0 N–H and O–H groups in total. The van der Waals surface area contributed by atoms with Crippen LogP contribution in [-0.4, -0.2) is 0 Å². The summed E-state index contributed by atoms with van der Waals surface area (Å²) in [6.45, 7) is 0. The summed E-state index contributed by atoms with van der Waals surface area (Å²) in [5, 5.41) is 0. The van der Waals surface area contributed by atoms with E-state index in [-0.39, 0.29) is 0 Å². The van der Waals surface area contributed by atoms with Gasteiger partial charge >= 0.3 is 0 Å². The molecule has 2 aliphatic carbocycles. The number of benzene rings is 2. The molecule has 4 rings (SSSR count). The summed E-state index contributed by atoms with van der Waals surface area (Å²) in [5.74, 6) is 1.58. The van der Waals surface area contributed by atoms with Crippen molar-refractivity contribution >= 4 is 5.57 Å². The Balaban J connectivity index is 1.75. The average Bonchev–Trinajstić information content (AvgIpc) is 3.27. The molecule has 92 valence electrons. The maximum atomic E-state index is 2.34. The van der Waals surface area contributed by atoms with Gasteiger partial charge in [0.1, 0.15) is 0 Å². The van der Waals surface area contributed by atoms with Gasteiger partial charge in [-0.3, -0.25) is 0 Å². The minimum atomic E-state index is 0.774. The van der Waals surface area contributed by atoms with E-state index in [9.17, 15) is 0 Å². The van der Waals surface area contributed by atoms with Crippen LogP contribution in [-0.2, 0) is 0 Å². The fourth-order valence-corrected chi connectivity index (χ4v) is 3.03. The summed E-state index contributed by atoms with van der Waals surface area (Å²) in [7, 11) is 0. The van der Waals surface area contributed by atoms with Gasteiger partial charge < -0.3 is 0 Å². The molecule has 2 aromatic rings. The number of hydrogen-bond donors (Lipinski definition) is 0. The Morgan fingerprint density at radius 2 is 1.58 bits per heavy atom. The zero-order valence-corrected chi connectivity index (χ0v) is 10.8. The normalized spacial score (nSPS) is 23.7. The standard InChI is InChI=1S/C19H16/c1-2-6-14(7-3-1)15-8-4-9-16(12-15)18-11-5-10-17-13-19(17)18/h1-12,17,19H,13H2. The fraction of sp³-hybridized carbons (Fsp3) is 0.158. The summed E-state index contributed by atoms with van der Waals surface area (Å²) in [5.41, 5.74) is 5.51. The lowest BCUT2D eigenvalue weighted by Gasteiger charge is -2.11. The highest BCUT2D eigenvalue weighted by molar-refractivity contribution is 5.77. The van der Waals surface area contributed by atoms with Crippen LogP contribution in [0.3, 0.4) is 0 Å². The molecule has 1 fully saturated rings. The first-order valence-electron chi connectivity index (χ1n) is 6.96. The van der Waals surface area contributed by atoms with Gasteiger partial charge in [-0.1, -0.05) is 66.8 Å². The van der Waals surface area contributed by atoms with E-state index in [2.05, 4.69) is 72.8 Å².